The van der Waals surface area contributed by atoms with Gasteiger partial charge < -0.3 is 0 Å². The maximum absolute atomic E-state index is 11.2. The number of rotatable bonds is 2. The van der Waals surface area contributed by atoms with Crippen molar-refractivity contribution in [1.29, 1.82) is 0 Å². The average Bonchev–Trinajstić information content (AvgIpc) is 2.19. The van der Waals surface area contributed by atoms with Crippen molar-refractivity contribution in [3.8, 4) is 0 Å². The molecule has 6 nitrogen and oxygen atoms in total. The Balaban J connectivity index is 3.25. The van der Waals surface area contributed by atoms with Crippen LogP contribution in [0.15, 0.2) is 33.7 Å². The molecule has 0 N–H and O–H groups in total. The third kappa shape index (κ3) is 2.25. The summed E-state index contributed by atoms with van der Waals surface area (Å²) in [5, 5.41) is 3.30. The minimum atomic E-state index is -0.701. The van der Waals surface area contributed by atoms with E-state index in [0.29, 0.717) is 0 Å². The predicted molar refractivity (Wildman–Crippen MR) is 50.1 cm³/mol. The van der Waals surface area contributed by atoms with Crippen LogP contribution in [0.5, 0.6) is 0 Å². The molecule has 1 amide bonds. The van der Waals surface area contributed by atoms with Gasteiger partial charge in [-0.2, -0.15) is 4.21 Å². The lowest BCUT2D eigenvalue weighted by atomic mass is 10.2. The van der Waals surface area contributed by atoms with Gasteiger partial charge in [0.2, 0.25) is 11.5 Å². The van der Waals surface area contributed by atoms with Crippen LogP contribution < -0.4 is 0 Å². The smallest absolute Gasteiger partial charge is 0.266 e. The molecule has 0 aromatic heterocycles. The molecule has 0 aliphatic carbocycles. The Morgan fingerprint density at radius 3 is 2.79 bits per heavy atom. The van der Waals surface area contributed by atoms with Crippen molar-refractivity contribution in [2.45, 2.75) is 0 Å². The highest BCUT2D eigenvalue weighted by Gasteiger charge is 2.07. The van der Waals surface area contributed by atoms with Crippen molar-refractivity contribution in [1.82, 2.24) is 0 Å². The highest BCUT2D eigenvalue weighted by molar-refractivity contribution is 7.55. The Morgan fingerprint density at radius 2 is 2.14 bits per heavy atom. The standard InChI is InChI=1S/C7H4N4O2S/c8-11-9-6-4-2-1-3-5(6)7(12)10-14-13/h1-4H. The van der Waals surface area contributed by atoms with Gasteiger partial charge in [0, 0.05) is 4.91 Å². The van der Waals surface area contributed by atoms with Crippen LogP contribution in [0, 0.1) is 0 Å². The molecule has 0 unspecified atom stereocenters. The fourth-order valence-corrected chi connectivity index (χ4v) is 1.04. The second-order valence-corrected chi connectivity index (χ2v) is 2.51. The van der Waals surface area contributed by atoms with Crippen molar-refractivity contribution < 1.29 is 9.00 Å². The zero-order valence-electron chi connectivity index (χ0n) is 6.82. The molecule has 0 saturated carbocycles. The predicted octanol–water partition coefficient (Wildman–Crippen LogP) is 2.17. The van der Waals surface area contributed by atoms with Crippen LogP contribution in [0.25, 0.3) is 10.4 Å². The Morgan fingerprint density at radius 1 is 1.43 bits per heavy atom. The first kappa shape index (κ1) is 10.1. The minimum Gasteiger partial charge on any atom is -0.266 e. The monoisotopic (exact) mass is 208 g/mol. The molecule has 0 heterocycles. The lowest BCUT2D eigenvalue weighted by Crippen LogP contribution is -1.93. The van der Waals surface area contributed by atoms with Crippen molar-refractivity contribution >= 4 is 23.1 Å². The second kappa shape index (κ2) is 4.90. The summed E-state index contributed by atoms with van der Waals surface area (Å²) in [6.07, 6.45) is 0. The molecule has 0 spiro atoms. The lowest BCUT2D eigenvalue weighted by molar-refractivity contribution is 0.101. The van der Waals surface area contributed by atoms with Crippen molar-refractivity contribution in [2.24, 2.45) is 9.48 Å². The van der Waals surface area contributed by atoms with Crippen LogP contribution in [0.3, 0.4) is 0 Å². The summed E-state index contributed by atoms with van der Waals surface area (Å²) in [4.78, 5) is 13.7. The molecule has 0 bridgehead atoms. The Hall–Kier alpha value is -1.98. The Labute approximate surface area is 82.4 Å². The van der Waals surface area contributed by atoms with Gasteiger partial charge in [0.25, 0.3) is 5.91 Å². The zero-order chi connectivity index (χ0) is 10.4. The largest absolute Gasteiger partial charge is 0.290 e. The molecule has 1 rings (SSSR count). The van der Waals surface area contributed by atoms with E-state index in [1.165, 1.54) is 12.1 Å². The molecule has 0 radical (unpaired) electrons. The first-order valence-electron chi connectivity index (χ1n) is 3.48. The van der Waals surface area contributed by atoms with Crippen LogP contribution >= 0.6 is 0 Å². The van der Waals surface area contributed by atoms with Gasteiger partial charge in [-0.15, -0.1) is 4.36 Å². The van der Waals surface area contributed by atoms with Crippen LogP contribution in [-0.2, 0) is 11.5 Å². The molecule has 14 heavy (non-hydrogen) atoms. The molecule has 0 fully saturated rings. The fraction of sp³-hybridized carbons (Fsp3) is 0. The maximum atomic E-state index is 11.2. The molecule has 70 valence electrons. The van der Waals surface area contributed by atoms with E-state index in [-0.39, 0.29) is 22.7 Å². The number of hydrogen-bond donors (Lipinski definition) is 0. The molecule has 1 aromatic carbocycles. The molecule has 0 saturated heterocycles. The molecule has 0 aliphatic heterocycles. The molecular formula is C7H4N4O2S. The number of amides is 1. The zero-order valence-corrected chi connectivity index (χ0v) is 7.64. The summed E-state index contributed by atoms with van der Waals surface area (Å²) in [6, 6.07) is 6.11. The van der Waals surface area contributed by atoms with Gasteiger partial charge in [-0.05, 0) is 11.6 Å². The first-order valence-corrected chi connectivity index (χ1v) is 4.18. The second-order valence-electron chi connectivity index (χ2n) is 2.18. The fourth-order valence-electron chi connectivity index (χ4n) is 0.873. The van der Waals surface area contributed by atoms with Crippen LogP contribution in [0.2, 0.25) is 0 Å². The highest BCUT2D eigenvalue weighted by atomic mass is 32.1. The molecule has 1 aromatic rings. The maximum Gasteiger partial charge on any atom is 0.290 e. The SMILES string of the molecule is [N-]=[N+]=Nc1ccccc1C(=O)N=S=O. The van der Waals surface area contributed by atoms with E-state index in [2.05, 4.69) is 14.4 Å². The van der Waals surface area contributed by atoms with E-state index in [4.69, 9.17) is 5.53 Å². The van der Waals surface area contributed by atoms with Crippen LogP contribution in [0.4, 0.5) is 5.69 Å². The van der Waals surface area contributed by atoms with Gasteiger partial charge in [0.05, 0.1) is 11.3 Å². The van der Waals surface area contributed by atoms with E-state index < -0.39 is 5.91 Å². The molecule has 0 aliphatic rings. The number of hydrogen-bond acceptors (Lipinski definition) is 3. The van der Waals surface area contributed by atoms with Gasteiger partial charge in [-0.1, -0.05) is 23.3 Å². The third-order valence-corrected chi connectivity index (χ3v) is 1.65. The summed E-state index contributed by atoms with van der Waals surface area (Å²) in [6.45, 7) is 0. The summed E-state index contributed by atoms with van der Waals surface area (Å²) >= 11 is -0.178. The topological polar surface area (TPSA) is 95.3 Å². The number of carbonyl (C=O) groups is 1. The Kier molecular flexibility index (Phi) is 3.54. The number of benzene rings is 1. The number of nitrogens with zero attached hydrogens (tertiary/aromatic N) is 4. The lowest BCUT2D eigenvalue weighted by Gasteiger charge is -1.96. The quantitative estimate of drug-likeness (QED) is 0.423. The first-order chi connectivity index (χ1) is 6.79. The van der Waals surface area contributed by atoms with Crippen molar-refractivity contribution in [3.63, 3.8) is 0 Å². The summed E-state index contributed by atoms with van der Waals surface area (Å²) in [5.41, 5.74) is 8.49. The van der Waals surface area contributed by atoms with E-state index in [0.717, 1.165) is 0 Å². The van der Waals surface area contributed by atoms with Gasteiger partial charge in [0.1, 0.15) is 0 Å². The molecular weight excluding hydrogens is 204 g/mol. The van der Waals surface area contributed by atoms with E-state index >= 15 is 0 Å². The summed E-state index contributed by atoms with van der Waals surface area (Å²) in [7, 11) is 0. The average molecular weight is 208 g/mol. The Bertz CT molecular complexity index is 461. The molecule has 7 heteroatoms. The van der Waals surface area contributed by atoms with Crippen molar-refractivity contribution in [2.75, 3.05) is 0 Å². The third-order valence-electron chi connectivity index (χ3n) is 1.41. The van der Waals surface area contributed by atoms with Gasteiger partial charge >= 0.3 is 0 Å². The van der Waals surface area contributed by atoms with Crippen LogP contribution in [0.1, 0.15) is 10.4 Å². The molecule has 0 atom stereocenters. The highest BCUT2D eigenvalue weighted by Crippen LogP contribution is 2.19. The van der Waals surface area contributed by atoms with E-state index in [1.807, 2.05) is 0 Å². The van der Waals surface area contributed by atoms with E-state index in [9.17, 15) is 9.00 Å². The van der Waals surface area contributed by atoms with Crippen molar-refractivity contribution in [3.05, 3.63) is 40.3 Å². The summed E-state index contributed by atoms with van der Waals surface area (Å²) in [5.74, 6) is -0.701. The normalized spacial score (nSPS) is 8.57. The van der Waals surface area contributed by atoms with E-state index in [1.54, 1.807) is 12.1 Å². The number of azide groups is 1. The number of carbonyl (C=O) groups excluding carboxylic acids is 1. The summed E-state index contributed by atoms with van der Waals surface area (Å²) < 4.78 is 13.1. The van der Waals surface area contributed by atoms with Gasteiger partial charge in [-0.25, -0.2) is 0 Å². The minimum absolute atomic E-state index is 0.119. The van der Waals surface area contributed by atoms with Gasteiger partial charge in [0.15, 0.2) is 0 Å². The van der Waals surface area contributed by atoms with Gasteiger partial charge in [-0.3, -0.25) is 4.79 Å². The van der Waals surface area contributed by atoms with Crippen LogP contribution in [-0.4, -0.2) is 10.1 Å².